The number of pyridine rings is 1. The predicted molar refractivity (Wildman–Crippen MR) is 175 cm³/mol. The lowest BCUT2D eigenvalue weighted by Crippen LogP contribution is -2.33. The largest absolute Gasteiger partial charge is 0.372 e. The smallest absolute Gasteiger partial charge is 0.226 e. The number of hydrogen-bond donors (Lipinski definition) is 2. The second-order valence-corrected chi connectivity index (χ2v) is 11.2. The normalized spacial score (nSPS) is 16.4. The van der Waals surface area contributed by atoms with Crippen LogP contribution in [0.5, 0.6) is 0 Å². The summed E-state index contributed by atoms with van der Waals surface area (Å²) in [5.41, 5.74) is 8.61. The van der Waals surface area contributed by atoms with Gasteiger partial charge in [-0.1, -0.05) is 24.3 Å². The van der Waals surface area contributed by atoms with Crippen molar-refractivity contribution in [3.8, 4) is 5.69 Å². The number of nitrogens with one attached hydrogen (secondary N) is 2. The highest BCUT2D eigenvalue weighted by Crippen LogP contribution is 2.41. The van der Waals surface area contributed by atoms with Gasteiger partial charge >= 0.3 is 0 Å². The quantitative estimate of drug-likeness (QED) is 0.205. The standard InChI is InChI=1S/C34H40N6OS/c1-6-38(7-2)26-15-17-27(18-16-26)40-24(4)22-28(25(40)5)33-32(30-14-10-11-20-35-30)37-34(42)39(33)21-19-31(41)36-29-13-9-8-12-23(29)3/h8-18,20,22,32-33H,6-7,19,21H2,1-5H3,(H,36,41)(H,37,42)/t32-,33+/m0/s1. The lowest BCUT2D eigenvalue weighted by molar-refractivity contribution is -0.116. The SMILES string of the molecule is CCN(CC)c1ccc(-n2c(C)cc([C@@H]3[C@H](c4ccccn4)NC(=S)N3CCC(=O)Nc3ccccc3C)c2C)cc1. The first kappa shape index (κ1) is 29.3. The van der Waals surface area contributed by atoms with Crippen molar-refractivity contribution in [2.75, 3.05) is 29.9 Å². The molecule has 42 heavy (non-hydrogen) atoms. The van der Waals surface area contributed by atoms with E-state index in [1.165, 1.54) is 11.3 Å². The van der Waals surface area contributed by atoms with E-state index in [1.54, 1.807) is 0 Å². The van der Waals surface area contributed by atoms with Crippen molar-refractivity contribution in [1.29, 1.82) is 0 Å². The second kappa shape index (κ2) is 12.8. The molecule has 5 rings (SSSR count). The van der Waals surface area contributed by atoms with Crippen LogP contribution in [0.15, 0.2) is 79.0 Å². The van der Waals surface area contributed by atoms with E-state index in [4.69, 9.17) is 12.2 Å². The number of aromatic nitrogens is 2. The molecule has 0 aliphatic carbocycles. The van der Waals surface area contributed by atoms with Crippen molar-refractivity contribution in [3.63, 3.8) is 0 Å². The van der Waals surface area contributed by atoms with E-state index in [-0.39, 0.29) is 18.0 Å². The van der Waals surface area contributed by atoms with Crippen molar-refractivity contribution in [2.45, 2.75) is 53.1 Å². The van der Waals surface area contributed by atoms with Crippen LogP contribution in [0.2, 0.25) is 0 Å². The zero-order chi connectivity index (χ0) is 29.8. The number of anilines is 2. The summed E-state index contributed by atoms with van der Waals surface area (Å²) in [5.74, 6) is -0.0362. The number of amides is 1. The summed E-state index contributed by atoms with van der Waals surface area (Å²) in [6, 6.07) is 24.6. The first-order chi connectivity index (χ1) is 20.3. The van der Waals surface area contributed by atoms with E-state index in [0.717, 1.165) is 47.1 Å². The molecule has 2 aromatic heterocycles. The predicted octanol–water partition coefficient (Wildman–Crippen LogP) is 6.65. The van der Waals surface area contributed by atoms with Crippen LogP contribution in [0.3, 0.4) is 0 Å². The Labute approximate surface area is 254 Å². The van der Waals surface area contributed by atoms with Gasteiger partial charge in [-0.15, -0.1) is 0 Å². The van der Waals surface area contributed by atoms with Gasteiger partial charge in [0.15, 0.2) is 5.11 Å². The summed E-state index contributed by atoms with van der Waals surface area (Å²) in [6.07, 6.45) is 2.13. The zero-order valence-electron chi connectivity index (χ0n) is 25.1. The van der Waals surface area contributed by atoms with E-state index >= 15 is 0 Å². The molecule has 218 valence electrons. The van der Waals surface area contributed by atoms with Crippen molar-refractivity contribution in [2.24, 2.45) is 0 Å². The maximum absolute atomic E-state index is 13.0. The van der Waals surface area contributed by atoms with E-state index in [1.807, 2.05) is 55.6 Å². The molecule has 0 bridgehead atoms. The number of hydrogen-bond acceptors (Lipinski definition) is 4. The van der Waals surface area contributed by atoms with Gasteiger partial charge in [-0.25, -0.2) is 0 Å². The molecule has 4 aromatic rings. The summed E-state index contributed by atoms with van der Waals surface area (Å²) < 4.78 is 2.31. The fraction of sp³-hybridized carbons (Fsp3) is 0.324. The molecule has 0 spiro atoms. The Bertz CT molecular complexity index is 1540. The van der Waals surface area contributed by atoms with Gasteiger partial charge in [0.05, 0.1) is 17.8 Å². The molecule has 1 saturated heterocycles. The van der Waals surface area contributed by atoms with Gasteiger partial charge < -0.3 is 25.0 Å². The van der Waals surface area contributed by atoms with Gasteiger partial charge in [-0.05, 0) is 106 Å². The molecule has 0 radical (unpaired) electrons. The molecule has 8 heteroatoms. The summed E-state index contributed by atoms with van der Waals surface area (Å²) in [6.45, 7) is 13.1. The molecule has 3 heterocycles. The first-order valence-corrected chi connectivity index (χ1v) is 15.1. The van der Waals surface area contributed by atoms with Gasteiger partial charge in [-0.2, -0.15) is 0 Å². The van der Waals surface area contributed by atoms with Gasteiger partial charge in [-0.3, -0.25) is 9.78 Å². The van der Waals surface area contributed by atoms with Crippen molar-refractivity contribution in [1.82, 2.24) is 19.8 Å². The van der Waals surface area contributed by atoms with E-state index in [2.05, 4.69) is 88.0 Å². The molecule has 7 nitrogen and oxygen atoms in total. The molecular formula is C34H40N6OS. The highest BCUT2D eigenvalue weighted by atomic mass is 32.1. The number of rotatable bonds is 10. The van der Waals surface area contributed by atoms with Crippen molar-refractivity contribution >= 4 is 34.6 Å². The van der Waals surface area contributed by atoms with Crippen LogP contribution in [0, 0.1) is 20.8 Å². The summed E-state index contributed by atoms with van der Waals surface area (Å²) >= 11 is 5.88. The van der Waals surface area contributed by atoms with Crippen molar-refractivity contribution in [3.05, 3.63) is 107 Å². The third-order valence-electron chi connectivity index (χ3n) is 8.22. The average Bonchev–Trinajstić information content (AvgIpc) is 3.48. The number of aryl methyl sites for hydroxylation is 2. The molecule has 2 N–H and O–H groups in total. The summed E-state index contributed by atoms with van der Waals surface area (Å²) in [4.78, 5) is 22.2. The Hall–Kier alpha value is -4.17. The topological polar surface area (TPSA) is 65.4 Å². The maximum Gasteiger partial charge on any atom is 0.226 e. The number of carbonyl (C=O) groups excluding carboxylic acids is 1. The minimum atomic E-state index is -0.142. The lowest BCUT2D eigenvalue weighted by atomic mass is 9.96. The van der Waals surface area contributed by atoms with Gasteiger partial charge in [0.1, 0.15) is 0 Å². The summed E-state index contributed by atoms with van der Waals surface area (Å²) in [5, 5.41) is 7.22. The van der Waals surface area contributed by atoms with Gasteiger partial charge in [0.2, 0.25) is 5.91 Å². The molecule has 2 aromatic carbocycles. The number of nitrogens with zero attached hydrogens (tertiary/aromatic N) is 4. The Balaban J connectivity index is 1.46. The number of para-hydroxylation sites is 1. The molecule has 2 atom stereocenters. The lowest BCUT2D eigenvalue weighted by Gasteiger charge is -2.28. The van der Waals surface area contributed by atoms with Crippen LogP contribution in [-0.2, 0) is 4.79 Å². The van der Waals surface area contributed by atoms with Gasteiger partial charge in [0, 0.05) is 60.7 Å². The average molecular weight is 581 g/mol. The van der Waals surface area contributed by atoms with E-state index in [0.29, 0.717) is 18.1 Å². The van der Waals surface area contributed by atoms with Crippen LogP contribution in [-0.4, -0.2) is 45.1 Å². The number of benzene rings is 2. The van der Waals surface area contributed by atoms with Crippen LogP contribution in [0.1, 0.15) is 60.6 Å². The molecular weight excluding hydrogens is 540 g/mol. The highest BCUT2D eigenvalue weighted by molar-refractivity contribution is 7.80. The van der Waals surface area contributed by atoms with Crippen molar-refractivity contribution < 1.29 is 4.79 Å². The van der Waals surface area contributed by atoms with Gasteiger partial charge in [0.25, 0.3) is 0 Å². The fourth-order valence-electron chi connectivity index (χ4n) is 6.02. The Morgan fingerprint density at radius 1 is 1.00 bits per heavy atom. The fourth-order valence-corrected chi connectivity index (χ4v) is 6.35. The number of thiocarbonyl (C=S) groups is 1. The molecule has 1 aliphatic rings. The third kappa shape index (κ3) is 5.90. The molecule has 0 saturated carbocycles. The highest BCUT2D eigenvalue weighted by Gasteiger charge is 2.41. The minimum Gasteiger partial charge on any atom is -0.372 e. The second-order valence-electron chi connectivity index (χ2n) is 10.8. The molecule has 1 aliphatic heterocycles. The van der Waals surface area contributed by atoms with Crippen LogP contribution < -0.4 is 15.5 Å². The van der Waals surface area contributed by atoms with E-state index in [9.17, 15) is 4.79 Å². The Kier molecular flexibility index (Phi) is 8.92. The maximum atomic E-state index is 13.0. The zero-order valence-corrected chi connectivity index (χ0v) is 25.9. The monoisotopic (exact) mass is 580 g/mol. The third-order valence-corrected chi connectivity index (χ3v) is 8.57. The van der Waals surface area contributed by atoms with E-state index < -0.39 is 0 Å². The van der Waals surface area contributed by atoms with Crippen LogP contribution in [0.4, 0.5) is 11.4 Å². The summed E-state index contributed by atoms with van der Waals surface area (Å²) in [7, 11) is 0. The Morgan fingerprint density at radius 2 is 1.71 bits per heavy atom. The van der Waals surface area contributed by atoms with Crippen LogP contribution >= 0.6 is 12.2 Å². The Morgan fingerprint density at radius 3 is 2.38 bits per heavy atom. The molecule has 0 unspecified atom stereocenters. The number of carbonyl (C=O) groups is 1. The van der Waals surface area contributed by atoms with Crippen LogP contribution in [0.25, 0.3) is 5.69 Å². The molecule has 1 fully saturated rings. The minimum absolute atomic E-state index is 0.0362. The first-order valence-electron chi connectivity index (χ1n) is 14.7. The molecule has 1 amide bonds.